The molecule has 2 rings (SSSR count). The first-order chi connectivity index (χ1) is 6.88. The number of halogens is 1. The second kappa shape index (κ2) is 4.81. The molecule has 2 N–H and O–H groups in total. The Labute approximate surface area is 90.5 Å². The third kappa shape index (κ3) is 2.28. The van der Waals surface area contributed by atoms with Crippen molar-refractivity contribution in [1.29, 1.82) is 0 Å². The van der Waals surface area contributed by atoms with Crippen LogP contribution >= 0.6 is 11.6 Å². The Morgan fingerprint density at radius 3 is 2.86 bits per heavy atom. The SMILES string of the molecule is Clc1ccccc1[C@H]1CCCCC[NH2+]1. The highest BCUT2D eigenvalue weighted by atomic mass is 35.5. The van der Waals surface area contributed by atoms with E-state index in [0.717, 1.165) is 5.02 Å². The highest BCUT2D eigenvalue weighted by molar-refractivity contribution is 6.31. The molecule has 0 saturated carbocycles. The monoisotopic (exact) mass is 210 g/mol. The smallest absolute Gasteiger partial charge is 0.113 e. The van der Waals surface area contributed by atoms with Gasteiger partial charge in [-0.3, -0.25) is 0 Å². The van der Waals surface area contributed by atoms with Gasteiger partial charge in [0.2, 0.25) is 0 Å². The molecule has 1 nitrogen and oxygen atoms in total. The Hall–Kier alpha value is -0.530. The minimum atomic E-state index is 0.589. The average Bonchev–Trinajstić information content (AvgIpc) is 2.47. The largest absolute Gasteiger partial charge is 0.340 e. The molecule has 14 heavy (non-hydrogen) atoms. The van der Waals surface area contributed by atoms with Gasteiger partial charge in [-0.2, -0.15) is 0 Å². The molecule has 0 aliphatic carbocycles. The fourth-order valence-corrected chi connectivity index (χ4v) is 2.46. The third-order valence-corrected chi connectivity index (χ3v) is 3.32. The van der Waals surface area contributed by atoms with Gasteiger partial charge in [-0.15, -0.1) is 0 Å². The lowest BCUT2D eigenvalue weighted by Gasteiger charge is -2.13. The number of quaternary nitrogens is 1. The average molecular weight is 211 g/mol. The molecular formula is C12H17ClN+. The highest BCUT2D eigenvalue weighted by Gasteiger charge is 2.18. The molecule has 0 bridgehead atoms. The molecule has 0 unspecified atom stereocenters. The van der Waals surface area contributed by atoms with Crippen molar-refractivity contribution in [2.75, 3.05) is 6.54 Å². The standard InChI is InChI=1S/C12H16ClN/c13-11-7-4-3-6-10(11)12-8-2-1-5-9-14-12/h3-4,6-7,12,14H,1-2,5,8-9H2/p+1/t12-/m1/s1. The fraction of sp³-hybridized carbons (Fsp3) is 0.500. The summed E-state index contributed by atoms with van der Waals surface area (Å²) >= 11 is 6.19. The van der Waals surface area contributed by atoms with Gasteiger partial charge in [0.15, 0.2) is 0 Å². The van der Waals surface area contributed by atoms with Crippen molar-refractivity contribution >= 4 is 11.6 Å². The summed E-state index contributed by atoms with van der Waals surface area (Å²) in [5.41, 5.74) is 1.32. The summed E-state index contributed by atoms with van der Waals surface area (Å²) in [7, 11) is 0. The van der Waals surface area contributed by atoms with E-state index in [1.165, 1.54) is 37.8 Å². The topological polar surface area (TPSA) is 16.6 Å². The van der Waals surface area contributed by atoms with Gasteiger partial charge in [0, 0.05) is 17.0 Å². The van der Waals surface area contributed by atoms with E-state index in [2.05, 4.69) is 17.4 Å². The predicted molar refractivity (Wildman–Crippen MR) is 59.5 cm³/mol. The van der Waals surface area contributed by atoms with Crippen LogP contribution in [-0.2, 0) is 0 Å². The molecule has 0 aromatic heterocycles. The summed E-state index contributed by atoms with van der Waals surface area (Å²) in [6, 6.07) is 8.83. The molecular weight excluding hydrogens is 194 g/mol. The second-order valence-electron chi connectivity index (χ2n) is 4.00. The van der Waals surface area contributed by atoms with Crippen LogP contribution in [0.5, 0.6) is 0 Å². The first kappa shape index (κ1) is 10.0. The van der Waals surface area contributed by atoms with Gasteiger partial charge in [-0.1, -0.05) is 29.8 Å². The van der Waals surface area contributed by atoms with Crippen molar-refractivity contribution in [2.45, 2.75) is 31.7 Å². The van der Waals surface area contributed by atoms with Gasteiger partial charge in [-0.05, 0) is 25.3 Å². The van der Waals surface area contributed by atoms with E-state index in [9.17, 15) is 0 Å². The lowest BCUT2D eigenvalue weighted by Crippen LogP contribution is -2.84. The van der Waals surface area contributed by atoms with E-state index in [1.807, 2.05) is 12.1 Å². The molecule has 1 aliphatic rings. The summed E-state index contributed by atoms with van der Waals surface area (Å²) in [6.45, 7) is 1.25. The molecule has 0 spiro atoms. The van der Waals surface area contributed by atoms with E-state index in [4.69, 9.17) is 11.6 Å². The molecule has 1 fully saturated rings. The Morgan fingerprint density at radius 2 is 2.00 bits per heavy atom. The van der Waals surface area contributed by atoms with Gasteiger partial charge in [0.25, 0.3) is 0 Å². The lowest BCUT2D eigenvalue weighted by atomic mass is 10.0. The number of hydrogen-bond acceptors (Lipinski definition) is 0. The Balaban J connectivity index is 2.16. The van der Waals surface area contributed by atoms with Crippen LogP contribution in [-0.4, -0.2) is 6.54 Å². The summed E-state index contributed by atoms with van der Waals surface area (Å²) in [5, 5.41) is 3.37. The third-order valence-electron chi connectivity index (χ3n) is 2.98. The Bertz CT molecular complexity index is 290. The Morgan fingerprint density at radius 1 is 1.14 bits per heavy atom. The van der Waals surface area contributed by atoms with Gasteiger partial charge in [-0.25, -0.2) is 0 Å². The maximum Gasteiger partial charge on any atom is 0.113 e. The number of nitrogens with two attached hydrogens (primary N) is 1. The second-order valence-corrected chi connectivity index (χ2v) is 4.41. The van der Waals surface area contributed by atoms with Crippen molar-refractivity contribution in [2.24, 2.45) is 0 Å². The van der Waals surface area contributed by atoms with Crippen molar-refractivity contribution in [3.8, 4) is 0 Å². The molecule has 1 saturated heterocycles. The van der Waals surface area contributed by atoms with Gasteiger partial charge >= 0.3 is 0 Å². The molecule has 2 heteroatoms. The molecule has 1 aromatic rings. The molecule has 1 heterocycles. The van der Waals surface area contributed by atoms with Crippen LogP contribution in [0.2, 0.25) is 5.02 Å². The normalized spacial score (nSPS) is 23.1. The van der Waals surface area contributed by atoms with E-state index in [1.54, 1.807) is 0 Å². The van der Waals surface area contributed by atoms with Gasteiger partial charge in [0.1, 0.15) is 6.04 Å². The zero-order valence-electron chi connectivity index (χ0n) is 8.38. The first-order valence-electron chi connectivity index (χ1n) is 5.45. The fourth-order valence-electron chi connectivity index (χ4n) is 2.18. The Kier molecular flexibility index (Phi) is 3.44. The molecule has 1 aliphatic heterocycles. The maximum absolute atomic E-state index is 6.19. The van der Waals surface area contributed by atoms with Crippen molar-refractivity contribution in [3.63, 3.8) is 0 Å². The quantitative estimate of drug-likeness (QED) is 0.734. The minimum Gasteiger partial charge on any atom is -0.340 e. The molecule has 1 atom stereocenters. The van der Waals surface area contributed by atoms with Crippen LogP contribution in [0, 0.1) is 0 Å². The van der Waals surface area contributed by atoms with Gasteiger partial charge < -0.3 is 5.32 Å². The molecule has 0 radical (unpaired) electrons. The summed E-state index contributed by atoms with van der Waals surface area (Å²) in [5.74, 6) is 0. The van der Waals surface area contributed by atoms with Crippen LogP contribution in [0.25, 0.3) is 0 Å². The van der Waals surface area contributed by atoms with Crippen LogP contribution in [0.1, 0.15) is 37.3 Å². The van der Waals surface area contributed by atoms with E-state index in [-0.39, 0.29) is 0 Å². The summed E-state index contributed by atoms with van der Waals surface area (Å²) < 4.78 is 0. The molecule has 0 amide bonds. The van der Waals surface area contributed by atoms with Crippen molar-refractivity contribution < 1.29 is 5.32 Å². The van der Waals surface area contributed by atoms with Crippen molar-refractivity contribution in [1.82, 2.24) is 0 Å². The number of hydrogen-bond donors (Lipinski definition) is 1. The van der Waals surface area contributed by atoms with Crippen LogP contribution in [0.15, 0.2) is 24.3 Å². The van der Waals surface area contributed by atoms with E-state index < -0.39 is 0 Å². The zero-order chi connectivity index (χ0) is 9.80. The van der Waals surface area contributed by atoms with Crippen molar-refractivity contribution in [3.05, 3.63) is 34.9 Å². The molecule has 1 aromatic carbocycles. The maximum atomic E-state index is 6.19. The summed E-state index contributed by atoms with van der Waals surface area (Å²) in [6.07, 6.45) is 5.33. The summed E-state index contributed by atoms with van der Waals surface area (Å²) in [4.78, 5) is 0. The minimum absolute atomic E-state index is 0.589. The first-order valence-corrected chi connectivity index (χ1v) is 5.83. The van der Waals surface area contributed by atoms with Crippen LogP contribution in [0.4, 0.5) is 0 Å². The predicted octanol–water partition coefficient (Wildman–Crippen LogP) is 2.52. The van der Waals surface area contributed by atoms with Crippen LogP contribution < -0.4 is 5.32 Å². The van der Waals surface area contributed by atoms with Crippen LogP contribution in [0.3, 0.4) is 0 Å². The lowest BCUT2D eigenvalue weighted by molar-refractivity contribution is -0.694. The van der Waals surface area contributed by atoms with E-state index in [0.29, 0.717) is 6.04 Å². The highest BCUT2D eigenvalue weighted by Crippen LogP contribution is 2.24. The van der Waals surface area contributed by atoms with E-state index >= 15 is 0 Å². The van der Waals surface area contributed by atoms with Gasteiger partial charge in [0.05, 0.1) is 6.54 Å². The zero-order valence-corrected chi connectivity index (χ0v) is 9.13. The molecule has 76 valence electrons. The number of rotatable bonds is 1. The number of benzene rings is 1.